The lowest BCUT2D eigenvalue weighted by atomic mass is 10.1. The van der Waals surface area contributed by atoms with Crippen LogP contribution in [0.25, 0.3) is 22.3 Å². The van der Waals surface area contributed by atoms with Crippen molar-refractivity contribution in [3.05, 3.63) is 64.6 Å². The van der Waals surface area contributed by atoms with E-state index in [1.807, 2.05) is 78.1 Å². The molecule has 0 saturated heterocycles. The van der Waals surface area contributed by atoms with Crippen molar-refractivity contribution in [1.29, 1.82) is 0 Å². The van der Waals surface area contributed by atoms with Crippen LogP contribution in [0.3, 0.4) is 0 Å². The van der Waals surface area contributed by atoms with Gasteiger partial charge in [-0.05, 0) is 51.8 Å². The summed E-state index contributed by atoms with van der Waals surface area (Å²) in [7, 11) is 1.85. The maximum Gasteiger partial charge on any atom is 0.258 e. The van der Waals surface area contributed by atoms with Crippen molar-refractivity contribution >= 4 is 16.9 Å². The van der Waals surface area contributed by atoms with Gasteiger partial charge in [0.25, 0.3) is 5.91 Å². The number of benzene rings is 1. The molecule has 1 aromatic carbocycles. The minimum absolute atomic E-state index is 0.106. The first-order valence-corrected chi connectivity index (χ1v) is 10.6. The third kappa shape index (κ3) is 4.23. The molecule has 32 heavy (non-hydrogen) atoms. The summed E-state index contributed by atoms with van der Waals surface area (Å²) >= 11 is 0. The second-order valence-corrected chi connectivity index (χ2v) is 8.26. The van der Waals surface area contributed by atoms with E-state index in [1.54, 1.807) is 4.68 Å². The van der Waals surface area contributed by atoms with Gasteiger partial charge in [-0.25, -0.2) is 4.68 Å². The average molecular weight is 433 g/mol. The number of fused-ring (bicyclic) bond motifs is 1. The number of hydrogen-bond acceptors (Lipinski definition) is 5. The molecule has 7 nitrogen and oxygen atoms in total. The van der Waals surface area contributed by atoms with Gasteiger partial charge in [-0.3, -0.25) is 4.79 Å². The van der Waals surface area contributed by atoms with E-state index >= 15 is 0 Å². The number of pyridine rings is 1. The van der Waals surface area contributed by atoms with Crippen LogP contribution in [0.2, 0.25) is 0 Å². The zero-order chi connectivity index (χ0) is 23.0. The van der Waals surface area contributed by atoms with Gasteiger partial charge < -0.3 is 14.5 Å². The highest BCUT2D eigenvalue weighted by atomic mass is 16.5. The number of carbonyl (C=O) groups excluding carboxylic acids is 1. The summed E-state index contributed by atoms with van der Waals surface area (Å²) in [6, 6.07) is 11.8. The van der Waals surface area contributed by atoms with Crippen LogP contribution in [-0.4, -0.2) is 27.3 Å². The molecule has 0 aliphatic heterocycles. The van der Waals surface area contributed by atoms with E-state index < -0.39 is 0 Å². The Morgan fingerprint density at radius 2 is 1.88 bits per heavy atom. The van der Waals surface area contributed by atoms with Crippen molar-refractivity contribution in [1.82, 2.24) is 20.1 Å². The van der Waals surface area contributed by atoms with Crippen LogP contribution in [0, 0.1) is 27.7 Å². The number of hydrogen-bond donors (Lipinski definition) is 1. The third-order valence-corrected chi connectivity index (χ3v) is 5.57. The Balaban J connectivity index is 1.50. The van der Waals surface area contributed by atoms with Gasteiger partial charge in [0.1, 0.15) is 17.2 Å². The van der Waals surface area contributed by atoms with Crippen LogP contribution in [-0.2, 0) is 11.8 Å². The average Bonchev–Trinajstić information content (AvgIpc) is 3.25. The highest BCUT2D eigenvalue weighted by Crippen LogP contribution is 2.34. The Hall–Kier alpha value is -3.61. The van der Waals surface area contributed by atoms with Gasteiger partial charge in [-0.1, -0.05) is 29.8 Å². The van der Waals surface area contributed by atoms with E-state index in [2.05, 4.69) is 15.4 Å². The smallest absolute Gasteiger partial charge is 0.258 e. The van der Waals surface area contributed by atoms with Gasteiger partial charge in [-0.15, -0.1) is 0 Å². The predicted molar refractivity (Wildman–Crippen MR) is 124 cm³/mol. The van der Waals surface area contributed by atoms with E-state index in [0.29, 0.717) is 11.5 Å². The Bertz CT molecular complexity index is 1290. The van der Waals surface area contributed by atoms with Gasteiger partial charge in [0.05, 0.1) is 11.4 Å². The Morgan fingerprint density at radius 1 is 1.16 bits per heavy atom. The molecular weight excluding hydrogens is 404 g/mol. The first kappa shape index (κ1) is 21.6. The normalized spacial score (nSPS) is 12.2. The number of aromatic nitrogens is 3. The number of amides is 1. The second-order valence-electron chi connectivity index (χ2n) is 8.26. The number of carbonyl (C=O) groups is 1. The van der Waals surface area contributed by atoms with Crippen LogP contribution in [0.1, 0.15) is 41.2 Å². The monoisotopic (exact) mass is 432 g/mol. The number of ether oxygens (including phenoxy) is 1. The fraction of sp³-hybridized carbons (Fsp3) is 0.320. The number of nitrogens with one attached hydrogen (secondary N) is 1. The third-order valence-electron chi connectivity index (χ3n) is 5.57. The zero-order valence-electron chi connectivity index (χ0n) is 19.3. The van der Waals surface area contributed by atoms with E-state index in [1.165, 1.54) is 5.56 Å². The van der Waals surface area contributed by atoms with Crippen LogP contribution < -0.4 is 10.1 Å². The van der Waals surface area contributed by atoms with E-state index in [9.17, 15) is 4.79 Å². The van der Waals surface area contributed by atoms with Crippen LogP contribution in [0.15, 0.2) is 40.8 Å². The molecule has 0 bridgehead atoms. The van der Waals surface area contributed by atoms with Crippen LogP contribution >= 0.6 is 0 Å². The number of nitrogens with zero attached hydrogens (tertiary/aromatic N) is 3. The highest BCUT2D eigenvalue weighted by Gasteiger charge is 2.20. The topological polar surface area (TPSA) is 82.2 Å². The molecule has 166 valence electrons. The SMILES string of the molecule is Cc1ccc([C@H](C)NC(=O)COc2cc(C)c3c(-c4cc(C)oc4C)nn(C)c3n2)cc1. The highest BCUT2D eigenvalue weighted by molar-refractivity contribution is 5.94. The Kier molecular flexibility index (Phi) is 5.74. The summed E-state index contributed by atoms with van der Waals surface area (Å²) in [5.74, 6) is 1.85. The standard InChI is InChI=1S/C25H28N4O3/c1-14-7-9-19(10-8-14)17(4)26-21(30)13-31-22-11-15(2)23-24(28-29(6)25(23)27-22)20-12-16(3)32-18(20)5/h7-12,17H,13H2,1-6H3,(H,26,30)/t17-/m0/s1. The van der Waals surface area contributed by atoms with E-state index in [0.717, 1.165) is 39.3 Å². The quantitative estimate of drug-likeness (QED) is 0.477. The molecule has 1 atom stereocenters. The fourth-order valence-corrected chi connectivity index (χ4v) is 3.89. The molecule has 1 amide bonds. The summed E-state index contributed by atoms with van der Waals surface area (Å²) in [6.45, 7) is 9.72. The first-order chi connectivity index (χ1) is 15.2. The number of aryl methyl sites for hydroxylation is 5. The lowest BCUT2D eigenvalue weighted by Gasteiger charge is -2.15. The summed E-state index contributed by atoms with van der Waals surface area (Å²) < 4.78 is 13.1. The van der Waals surface area contributed by atoms with Gasteiger partial charge in [-0.2, -0.15) is 10.1 Å². The lowest BCUT2D eigenvalue weighted by molar-refractivity contribution is -0.123. The molecule has 7 heteroatoms. The molecule has 3 heterocycles. The van der Waals surface area contributed by atoms with Crippen molar-refractivity contribution in [3.8, 4) is 17.1 Å². The number of rotatable bonds is 6. The molecule has 3 aromatic heterocycles. The molecule has 0 aliphatic carbocycles. The molecular formula is C25H28N4O3. The largest absolute Gasteiger partial charge is 0.468 e. The molecule has 0 radical (unpaired) electrons. The molecule has 0 aliphatic rings. The molecule has 4 aromatic rings. The summed E-state index contributed by atoms with van der Waals surface area (Å²) in [5.41, 5.74) is 5.69. The number of furan rings is 1. The van der Waals surface area contributed by atoms with Gasteiger partial charge >= 0.3 is 0 Å². The van der Waals surface area contributed by atoms with Crippen molar-refractivity contribution < 1.29 is 13.9 Å². The fourth-order valence-electron chi connectivity index (χ4n) is 3.89. The van der Waals surface area contributed by atoms with E-state index in [4.69, 9.17) is 9.15 Å². The Labute approximate surface area is 187 Å². The molecule has 0 fully saturated rings. The molecule has 0 unspecified atom stereocenters. The first-order valence-electron chi connectivity index (χ1n) is 10.6. The van der Waals surface area contributed by atoms with Crippen LogP contribution in [0.5, 0.6) is 5.88 Å². The zero-order valence-corrected chi connectivity index (χ0v) is 19.3. The van der Waals surface area contributed by atoms with Gasteiger partial charge in [0.15, 0.2) is 12.3 Å². The molecule has 0 saturated carbocycles. The predicted octanol–water partition coefficient (Wildman–Crippen LogP) is 4.72. The van der Waals surface area contributed by atoms with Crippen LogP contribution in [0.4, 0.5) is 0 Å². The molecule has 0 spiro atoms. The van der Waals surface area contributed by atoms with Gasteiger partial charge in [0.2, 0.25) is 5.88 Å². The van der Waals surface area contributed by atoms with Crippen molar-refractivity contribution in [2.45, 2.75) is 40.7 Å². The molecule has 1 N–H and O–H groups in total. The maximum absolute atomic E-state index is 12.4. The lowest BCUT2D eigenvalue weighted by Crippen LogP contribution is -2.31. The minimum Gasteiger partial charge on any atom is -0.468 e. The summed E-state index contributed by atoms with van der Waals surface area (Å²) in [6.07, 6.45) is 0. The van der Waals surface area contributed by atoms with Crippen molar-refractivity contribution in [2.75, 3.05) is 6.61 Å². The second kappa shape index (κ2) is 8.49. The van der Waals surface area contributed by atoms with Crippen molar-refractivity contribution in [2.24, 2.45) is 7.05 Å². The summed E-state index contributed by atoms with van der Waals surface area (Å²) in [5, 5.41) is 8.58. The minimum atomic E-state index is -0.201. The summed E-state index contributed by atoms with van der Waals surface area (Å²) in [4.78, 5) is 17.0. The maximum atomic E-state index is 12.4. The van der Waals surface area contributed by atoms with E-state index in [-0.39, 0.29) is 18.6 Å². The van der Waals surface area contributed by atoms with Gasteiger partial charge in [0, 0.05) is 18.7 Å². The van der Waals surface area contributed by atoms with Crippen molar-refractivity contribution in [3.63, 3.8) is 0 Å². The molecule has 4 rings (SSSR count). The Morgan fingerprint density at radius 3 is 2.53 bits per heavy atom.